The summed E-state index contributed by atoms with van der Waals surface area (Å²) in [6.07, 6.45) is 6.98. The van der Waals surface area contributed by atoms with Crippen LogP contribution in [0.5, 0.6) is 5.75 Å². The third-order valence-corrected chi connectivity index (χ3v) is 8.51. The molecule has 0 bridgehead atoms. The second-order valence-electron chi connectivity index (χ2n) is 10.6. The lowest BCUT2D eigenvalue weighted by Crippen LogP contribution is -2.44. The first-order chi connectivity index (χ1) is 18.1. The SMILES string of the molecule is COc1cc(N2CCC3(CCN(C(=O)c4ccc(N5CCNCC5)cc4)CC3)C2)ccc1-c1cn[nH]c1. The summed E-state index contributed by atoms with van der Waals surface area (Å²) < 4.78 is 5.71. The Morgan fingerprint density at radius 1 is 0.919 bits per heavy atom. The van der Waals surface area contributed by atoms with E-state index in [1.807, 2.05) is 24.5 Å². The van der Waals surface area contributed by atoms with Gasteiger partial charge in [0.15, 0.2) is 0 Å². The Bertz CT molecular complexity index is 1210. The summed E-state index contributed by atoms with van der Waals surface area (Å²) in [6.45, 7) is 7.78. The average Bonchev–Trinajstić information content (AvgIpc) is 3.64. The molecule has 37 heavy (non-hydrogen) atoms. The van der Waals surface area contributed by atoms with E-state index in [0.29, 0.717) is 0 Å². The quantitative estimate of drug-likeness (QED) is 0.557. The molecule has 1 amide bonds. The van der Waals surface area contributed by atoms with Gasteiger partial charge in [-0.15, -0.1) is 0 Å². The molecule has 4 heterocycles. The van der Waals surface area contributed by atoms with Crippen LogP contribution < -0.4 is 19.9 Å². The summed E-state index contributed by atoms with van der Waals surface area (Å²) in [5, 5.41) is 10.3. The molecule has 3 aliphatic rings. The maximum atomic E-state index is 13.2. The molecule has 194 valence electrons. The minimum absolute atomic E-state index is 0.163. The van der Waals surface area contributed by atoms with Crippen molar-refractivity contribution in [1.29, 1.82) is 0 Å². The van der Waals surface area contributed by atoms with Crippen molar-refractivity contribution in [2.75, 3.05) is 69.3 Å². The van der Waals surface area contributed by atoms with Gasteiger partial charge in [0.05, 0.1) is 13.3 Å². The highest BCUT2D eigenvalue weighted by Gasteiger charge is 2.41. The van der Waals surface area contributed by atoms with Gasteiger partial charge in [-0.3, -0.25) is 9.89 Å². The fraction of sp³-hybridized carbons (Fsp3) is 0.448. The number of carbonyl (C=O) groups is 1. The van der Waals surface area contributed by atoms with Gasteiger partial charge in [-0.05, 0) is 61.1 Å². The Labute approximate surface area is 218 Å². The zero-order chi connectivity index (χ0) is 25.2. The average molecular weight is 501 g/mol. The number of nitrogens with one attached hydrogen (secondary N) is 2. The van der Waals surface area contributed by atoms with E-state index in [2.05, 4.69) is 60.5 Å². The molecule has 6 rings (SSSR count). The monoisotopic (exact) mass is 500 g/mol. The number of piperidine rings is 1. The molecule has 3 aliphatic heterocycles. The zero-order valence-electron chi connectivity index (χ0n) is 21.6. The van der Waals surface area contributed by atoms with E-state index in [1.165, 1.54) is 17.8 Å². The minimum atomic E-state index is 0.163. The highest BCUT2D eigenvalue weighted by molar-refractivity contribution is 5.94. The summed E-state index contributed by atoms with van der Waals surface area (Å²) in [5.74, 6) is 1.03. The third kappa shape index (κ3) is 4.78. The van der Waals surface area contributed by atoms with E-state index in [4.69, 9.17) is 4.74 Å². The van der Waals surface area contributed by atoms with Gasteiger partial charge >= 0.3 is 0 Å². The summed E-state index contributed by atoms with van der Waals surface area (Å²) in [4.78, 5) is 20.2. The van der Waals surface area contributed by atoms with Crippen molar-refractivity contribution in [2.45, 2.75) is 19.3 Å². The number of piperazine rings is 1. The first-order valence-electron chi connectivity index (χ1n) is 13.4. The Morgan fingerprint density at radius 3 is 2.35 bits per heavy atom. The van der Waals surface area contributed by atoms with Crippen molar-refractivity contribution in [3.63, 3.8) is 0 Å². The lowest BCUT2D eigenvalue weighted by atomic mass is 9.77. The summed E-state index contributed by atoms with van der Waals surface area (Å²) >= 11 is 0. The minimum Gasteiger partial charge on any atom is -0.496 e. The third-order valence-electron chi connectivity index (χ3n) is 8.51. The van der Waals surface area contributed by atoms with Gasteiger partial charge < -0.3 is 24.8 Å². The van der Waals surface area contributed by atoms with Gasteiger partial charge in [-0.2, -0.15) is 5.10 Å². The van der Waals surface area contributed by atoms with Crippen LogP contribution in [0.15, 0.2) is 54.9 Å². The Kier molecular flexibility index (Phi) is 6.50. The molecule has 1 spiro atoms. The second-order valence-corrected chi connectivity index (χ2v) is 10.6. The van der Waals surface area contributed by atoms with Crippen molar-refractivity contribution in [2.24, 2.45) is 5.41 Å². The molecule has 0 atom stereocenters. The predicted octanol–water partition coefficient (Wildman–Crippen LogP) is 3.63. The normalized spacial score (nSPS) is 19.4. The smallest absolute Gasteiger partial charge is 0.253 e. The number of likely N-dealkylation sites (tertiary alicyclic amines) is 1. The molecule has 3 aromatic rings. The second kappa shape index (κ2) is 10.1. The van der Waals surface area contributed by atoms with Crippen LogP contribution >= 0.6 is 0 Å². The number of aromatic amines is 1. The molecule has 8 nitrogen and oxygen atoms in total. The first kappa shape index (κ1) is 23.9. The van der Waals surface area contributed by atoms with Crippen LogP contribution in [0.2, 0.25) is 0 Å². The number of nitrogens with zero attached hydrogens (tertiary/aromatic N) is 4. The largest absolute Gasteiger partial charge is 0.496 e. The van der Waals surface area contributed by atoms with E-state index in [0.717, 1.165) is 87.6 Å². The van der Waals surface area contributed by atoms with Crippen LogP contribution in [0.1, 0.15) is 29.6 Å². The molecule has 0 unspecified atom stereocenters. The van der Waals surface area contributed by atoms with Crippen molar-refractivity contribution in [3.8, 4) is 16.9 Å². The van der Waals surface area contributed by atoms with Crippen molar-refractivity contribution in [3.05, 3.63) is 60.4 Å². The van der Waals surface area contributed by atoms with Gasteiger partial charge in [0.1, 0.15) is 5.75 Å². The molecule has 8 heteroatoms. The first-order valence-corrected chi connectivity index (χ1v) is 13.4. The maximum Gasteiger partial charge on any atom is 0.253 e. The highest BCUT2D eigenvalue weighted by Crippen LogP contribution is 2.43. The van der Waals surface area contributed by atoms with Crippen molar-refractivity contribution < 1.29 is 9.53 Å². The van der Waals surface area contributed by atoms with E-state index in [1.54, 1.807) is 7.11 Å². The number of anilines is 2. The number of methoxy groups -OCH3 is 1. The number of carbonyl (C=O) groups excluding carboxylic acids is 1. The number of amides is 1. The zero-order valence-corrected chi connectivity index (χ0v) is 21.6. The molecule has 0 saturated carbocycles. The van der Waals surface area contributed by atoms with Crippen LogP contribution in [0.4, 0.5) is 11.4 Å². The standard InChI is InChI=1S/C29H36N6O2/c1-37-27-18-25(6-7-26(27)23-19-31-32-20-23)35-15-10-29(21-35)8-13-34(14-9-29)28(36)22-2-4-24(5-3-22)33-16-11-30-12-17-33/h2-7,18-20,30H,8-17,21H2,1H3,(H,31,32). The fourth-order valence-corrected chi connectivity index (χ4v) is 6.18. The number of hydrogen-bond donors (Lipinski definition) is 2. The van der Waals surface area contributed by atoms with Crippen LogP contribution in [0, 0.1) is 5.41 Å². The molecule has 0 aliphatic carbocycles. The molecular formula is C29H36N6O2. The number of aromatic nitrogens is 2. The molecule has 2 aromatic carbocycles. The van der Waals surface area contributed by atoms with Crippen molar-refractivity contribution in [1.82, 2.24) is 20.4 Å². The number of H-pyrrole nitrogens is 1. The molecular weight excluding hydrogens is 464 g/mol. The van der Waals surface area contributed by atoms with Gasteiger partial charge in [0.2, 0.25) is 0 Å². The molecule has 0 radical (unpaired) electrons. The van der Waals surface area contributed by atoms with Gasteiger partial charge in [0.25, 0.3) is 5.91 Å². The van der Waals surface area contributed by atoms with Crippen LogP contribution in [0.3, 0.4) is 0 Å². The summed E-state index contributed by atoms with van der Waals surface area (Å²) in [7, 11) is 1.72. The maximum absolute atomic E-state index is 13.2. The van der Waals surface area contributed by atoms with E-state index in [9.17, 15) is 4.79 Å². The van der Waals surface area contributed by atoms with Gasteiger partial charge in [0, 0.05) is 92.7 Å². The molecule has 1 aromatic heterocycles. The predicted molar refractivity (Wildman–Crippen MR) is 147 cm³/mol. The van der Waals surface area contributed by atoms with Gasteiger partial charge in [-0.1, -0.05) is 0 Å². The highest BCUT2D eigenvalue weighted by atomic mass is 16.5. The molecule has 3 fully saturated rings. The fourth-order valence-electron chi connectivity index (χ4n) is 6.18. The van der Waals surface area contributed by atoms with Crippen LogP contribution in [-0.2, 0) is 0 Å². The van der Waals surface area contributed by atoms with Crippen molar-refractivity contribution >= 4 is 17.3 Å². The summed E-state index contributed by atoms with van der Waals surface area (Å²) in [6, 6.07) is 14.7. The summed E-state index contributed by atoms with van der Waals surface area (Å²) in [5.41, 5.74) is 5.55. The number of benzene rings is 2. The number of rotatable bonds is 5. The number of hydrogen-bond acceptors (Lipinski definition) is 6. The van der Waals surface area contributed by atoms with Crippen LogP contribution in [0.25, 0.3) is 11.1 Å². The topological polar surface area (TPSA) is 76.7 Å². The van der Waals surface area contributed by atoms with E-state index < -0.39 is 0 Å². The van der Waals surface area contributed by atoms with Crippen LogP contribution in [-0.4, -0.2) is 80.5 Å². The van der Waals surface area contributed by atoms with E-state index >= 15 is 0 Å². The lowest BCUT2D eigenvalue weighted by molar-refractivity contribution is 0.0610. The Hall–Kier alpha value is -3.52. The number of ether oxygens (including phenoxy) is 1. The molecule has 2 N–H and O–H groups in total. The Morgan fingerprint density at radius 2 is 1.65 bits per heavy atom. The Balaban J connectivity index is 1.07. The van der Waals surface area contributed by atoms with E-state index in [-0.39, 0.29) is 11.3 Å². The van der Waals surface area contributed by atoms with Gasteiger partial charge in [-0.25, -0.2) is 0 Å². The molecule has 3 saturated heterocycles. The lowest BCUT2D eigenvalue weighted by Gasteiger charge is -2.39.